The Balaban J connectivity index is 0.00000210. The summed E-state index contributed by atoms with van der Waals surface area (Å²) in [6.07, 6.45) is 5.00. The van der Waals surface area contributed by atoms with E-state index in [2.05, 4.69) is 17.0 Å². The maximum atomic E-state index is 6.30. The minimum absolute atomic E-state index is 0. The summed E-state index contributed by atoms with van der Waals surface area (Å²) in [4.78, 5) is 7.06. The van der Waals surface area contributed by atoms with E-state index in [4.69, 9.17) is 31.8 Å². The molecule has 2 aromatic heterocycles. The number of fused-ring (bicyclic) bond motifs is 1. The quantitative estimate of drug-likeness (QED) is 0.713. The first-order valence-corrected chi connectivity index (χ1v) is 8.88. The van der Waals surface area contributed by atoms with Crippen molar-refractivity contribution in [3.8, 4) is 22.8 Å². The topological polar surface area (TPSA) is 65.0 Å². The van der Waals surface area contributed by atoms with Gasteiger partial charge in [0.05, 0.1) is 24.9 Å². The van der Waals surface area contributed by atoms with Gasteiger partial charge >= 0.3 is 0 Å². The molecule has 1 aliphatic heterocycles. The summed E-state index contributed by atoms with van der Waals surface area (Å²) in [5.41, 5.74) is 9.65. The van der Waals surface area contributed by atoms with Crippen LogP contribution in [0, 0.1) is 0 Å². The van der Waals surface area contributed by atoms with Crippen LogP contribution in [-0.2, 0) is 0 Å². The molecule has 3 heterocycles. The molecule has 0 bridgehead atoms. The number of anilines is 1. The SMILES string of the molecule is COc1cc(OC)c(-c2cn3ccc(N4CCC(N)C4)cc3n2)cc1Cl.Cl. The third kappa shape index (κ3) is 3.65. The van der Waals surface area contributed by atoms with E-state index in [1.165, 1.54) is 0 Å². The van der Waals surface area contributed by atoms with Gasteiger partial charge in [0.1, 0.15) is 17.1 Å². The zero-order valence-electron chi connectivity index (χ0n) is 15.2. The number of imidazole rings is 1. The first-order chi connectivity index (χ1) is 12.6. The first kappa shape index (κ1) is 19.6. The third-order valence-corrected chi connectivity index (χ3v) is 5.08. The lowest BCUT2D eigenvalue weighted by molar-refractivity contribution is 0.395. The number of halogens is 2. The zero-order valence-corrected chi connectivity index (χ0v) is 16.8. The normalized spacial score (nSPS) is 16.4. The number of methoxy groups -OCH3 is 2. The monoisotopic (exact) mass is 408 g/mol. The largest absolute Gasteiger partial charge is 0.496 e. The Morgan fingerprint density at radius 3 is 2.63 bits per heavy atom. The van der Waals surface area contributed by atoms with E-state index in [0.717, 1.165) is 42.1 Å². The van der Waals surface area contributed by atoms with Crippen LogP contribution in [0.1, 0.15) is 6.42 Å². The van der Waals surface area contributed by atoms with Gasteiger partial charge in [0.25, 0.3) is 0 Å². The Hall–Kier alpha value is -2.15. The van der Waals surface area contributed by atoms with Crippen LogP contribution in [0.25, 0.3) is 16.9 Å². The number of pyridine rings is 1. The molecule has 0 aliphatic carbocycles. The van der Waals surface area contributed by atoms with Crippen molar-refractivity contribution in [2.24, 2.45) is 5.73 Å². The van der Waals surface area contributed by atoms with Gasteiger partial charge in [0.2, 0.25) is 0 Å². The molecule has 6 nitrogen and oxygen atoms in total. The number of hydrogen-bond acceptors (Lipinski definition) is 5. The van der Waals surface area contributed by atoms with Crippen molar-refractivity contribution in [2.45, 2.75) is 12.5 Å². The van der Waals surface area contributed by atoms with Crippen molar-refractivity contribution in [1.29, 1.82) is 0 Å². The molecule has 3 aromatic rings. The molecule has 27 heavy (non-hydrogen) atoms. The van der Waals surface area contributed by atoms with Gasteiger partial charge in [-0.2, -0.15) is 0 Å². The average Bonchev–Trinajstić information content (AvgIpc) is 3.26. The number of nitrogens with zero attached hydrogens (tertiary/aromatic N) is 3. The molecule has 4 rings (SSSR count). The smallest absolute Gasteiger partial charge is 0.141 e. The van der Waals surface area contributed by atoms with Gasteiger partial charge in [-0.1, -0.05) is 11.6 Å². The van der Waals surface area contributed by atoms with E-state index < -0.39 is 0 Å². The van der Waals surface area contributed by atoms with Crippen LogP contribution in [0.3, 0.4) is 0 Å². The number of benzene rings is 1. The molecule has 1 unspecified atom stereocenters. The Labute approximate surface area is 169 Å². The molecule has 2 N–H and O–H groups in total. The summed E-state index contributed by atoms with van der Waals surface area (Å²) >= 11 is 6.30. The first-order valence-electron chi connectivity index (χ1n) is 8.50. The number of nitrogens with two attached hydrogens (primary N) is 1. The number of rotatable bonds is 4. The number of hydrogen-bond donors (Lipinski definition) is 1. The second kappa shape index (κ2) is 7.84. The molecule has 0 saturated carbocycles. The molecule has 1 aromatic carbocycles. The van der Waals surface area contributed by atoms with Crippen LogP contribution in [0.15, 0.2) is 36.7 Å². The van der Waals surface area contributed by atoms with E-state index in [9.17, 15) is 0 Å². The van der Waals surface area contributed by atoms with Crippen LogP contribution in [0.2, 0.25) is 5.02 Å². The highest BCUT2D eigenvalue weighted by Gasteiger charge is 2.20. The van der Waals surface area contributed by atoms with Crippen LogP contribution < -0.4 is 20.1 Å². The van der Waals surface area contributed by atoms with Gasteiger partial charge in [-0.3, -0.25) is 0 Å². The lowest BCUT2D eigenvalue weighted by Gasteiger charge is -2.17. The van der Waals surface area contributed by atoms with E-state index in [0.29, 0.717) is 16.5 Å². The fraction of sp³-hybridized carbons (Fsp3) is 0.316. The molecular formula is C19H22Cl2N4O2. The summed E-state index contributed by atoms with van der Waals surface area (Å²) in [6.45, 7) is 1.86. The van der Waals surface area contributed by atoms with Gasteiger partial charge < -0.3 is 24.5 Å². The van der Waals surface area contributed by atoms with Crippen LogP contribution in [-0.4, -0.2) is 42.7 Å². The van der Waals surface area contributed by atoms with Crippen LogP contribution in [0.5, 0.6) is 11.5 Å². The van der Waals surface area contributed by atoms with E-state index in [1.807, 2.05) is 22.9 Å². The van der Waals surface area contributed by atoms with Crippen LogP contribution in [0.4, 0.5) is 5.69 Å². The number of ether oxygens (including phenoxy) is 2. The Bertz CT molecular complexity index is 960. The number of aromatic nitrogens is 2. The highest BCUT2D eigenvalue weighted by molar-refractivity contribution is 6.32. The predicted molar refractivity (Wildman–Crippen MR) is 111 cm³/mol. The predicted octanol–water partition coefficient (Wildman–Crippen LogP) is 3.63. The molecule has 0 spiro atoms. The van der Waals surface area contributed by atoms with Crippen molar-refractivity contribution in [3.63, 3.8) is 0 Å². The summed E-state index contributed by atoms with van der Waals surface area (Å²) in [6, 6.07) is 8.01. The molecule has 8 heteroatoms. The summed E-state index contributed by atoms with van der Waals surface area (Å²) in [5, 5.41) is 0.520. The molecule has 1 saturated heterocycles. The molecule has 0 radical (unpaired) electrons. The zero-order chi connectivity index (χ0) is 18.3. The van der Waals surface area contributed by atoms with Crippen molar-refractivity contribution in [2.75, 3.05) is 32.2 Å². The molecule has 1 fully saturated rings. The maximum Gasteiger partial charge on any atom is 0.141 e. The van der Waals surface area contributed by atoms with E-state index >= 15 is 0 Å². The molecule has 1 atom stereocenters. The standard InChI is InChI=1S/C19H21ClN4O2.ClH/c1-25-17-9-18(26-2)15(20)8-14(17)16-11-24-6-4-13(7-19(24)22-16)23-5-3-12(21)10-23;/h4,6-9,11-12H,3,5,10,21H2,1-2H3;1H. The molecular weight excluding hydrogens is 387 g/mol. The molecule has 1 aliphatic rings. The highest BCUT2D eigenvalue weighted by Crippen LogP contribution is 2.38. The summed E-state index contributed by atoms with van der Waals surface area (Å²) < 4.78 is 12.8. The summed E-state index contributed by atoms with van der Waals surface area (Å²) in [5.74, 6) is 1.24. The maximum absolute atomic E-state index is 6.30. The van der Waals surface area contributed by atoms with E-state index in [1.54, 1.807) is 20.3 Å². The van der Waals surface area contributed by atoms with Gasteiger partial charge in [-0.05, 0) is 18.6 Å². The van der Waals surface area contributed by atoms with Crippen molar-refractivity contribution in [1.82, 2.24) is 9.38 Å². The Morgan fingerprint density at radius 1 is 1.19 bits per heavy atom. The van der Waals surface area contributed by atoms with Crippen molar-refractivity contribution in [3.05, 3.63) is 41.7 Å². The lowest BCUT2D eigenvalue weighted by atomic mass is 10.1. The van der Waals surface area contributed by atoms with Gasteiger partial charge in [-0.25, -0.2) is 4.98 Å². The average molecular weight is 409 g/mol. The van der Waals surface area contributed by atoms with Gasteiger partial charge in [0, 0.05) is 54.9 Å². The second-order valence-electron chi connectivity index (χ2n) is 6.46. The summed E-state index contributed by atoms with van der Waals surface area (Å²) in [7, 11) is 3.20. The fourth-order valence-electron chi connectivity index (χ4n) is 3.38. The van der Waals surface area contributed by atoms with Crippen molar-refractivity contribution >= 4 is 35.3 Å². The molecule has 144 valence electrons. The highest BCUT2D eigenvalue weighted by atomic mass is 35.5. The Kier molecular flexibility index (Phi) is 5.69. The lowest BCUT2D eigenvalue weighted by Crippen LogP contribution is -2.26. The minimum atomic E-state index is 0. The van der Waals surface area contributed by atoms with Crippen molar-refractivity contribution < 1.29 is 9.47 Å². The van der Waals surface area contributed by atoms with Crippen LogP contribution >= 0.6 is 24.0 Å². The van der Waals surface area contributed by atoms with Gasteiger partial charge in [-0.15, -0.1) is 12.4 Å². The Morgan fingerprint density at radius 2 is 1.96 bits per heavy atom. The molecule has 0 amide bonds. The fourth-order valence-corrected chi connectivity index (χ4v) is 3.62. The minimum Gasteiger partial charge on any atom is -0.496 e. The second-order valence-corrected chi connectivity index (χ2v) is 6.87. The van der Waals surface area contributed by atoms with Gasteiger partial charge in [0.15, 0.2) is 0 Å². The van der Waals surface area contributed by atoms with E-state index in [-0.39, 0.29) is 18.4 Å². The third-order valence-electron chi connectivity index (χ3n) is 4.78.